The predicted octanol–water partition coefficient (Wildman–Crippen LogP) is 3.17. The van der Waals surface area contributed by atoms with Gasteiger partial charge in [0.1, 0.15) is 5.82 Å². The molecule has 1 unspecified atom stereocenters. The molecule has 4 rings (SSSR count). The van der Waals surface area contributed by atoms with Gasteiger partial charge in [0.15, 0.2) is 11.5 Å². The first-order valence-electron chi connectivity index (χ1n) is 6.88. The van der Waals surface area contributed by atoms with Gasteiger partial charge in [0.2, 0.25) is 6.79 Å². The molecule has 3 heterocycles. The third-order valence-corrected chi connectivity index (χ3v) is 4.42. The van der Waals surface area contributed by atoms with Gasteiger partial charge in [-0.3, -0.25) is 0 Å². The molecule has 0 radical (unpaired) electrons. The molecule has 1 saturated heterocycles. The molecule has 4 nitrogen and oxygen atoms in total. The Labute approximate surface area is 122 Å². The second-order valence-corrected chi connectivity index (χ2v) is 5.51. The van der Waals surface area contributed by atoms with Gasteiger partial charge in [0.05, 0.1) is 0 Å². The zero-order valence-electron chi connectivity index (χ0n) is 11.0. The summed E-state index contributed by atoms with van der Waals surface area (Å²) in [5, 5.41) is 2.23. The Morgan fingerprint density at radius 1 is 1.30 bits per heavy atom. The first-order chi connectivity index (χ1) is 9.86. The maximum atomic E-state index is 6.08. The third-order valence-electron chi connectivity index (χ3n) is 4.06. The van der Waals surface area contributed by atoms with E-state index in [4.69, 9.17) is 21.1 Å². The van der Waals surface area contributed by atoms with Gasteiger partial charge in [0, 0.05) is 30.0 Å². The lowest BCUT2D eigenvalue weighted by Crippen LogP contribution is -2.31. The van der Waals surface area contributed by atoms with Crippen LogP contribution in [0, 0.1) is 0 Å². The zero-order valence-corrected chi connectivity index (χ0v) is 11.8. The number of nitrogens with zero attached hydrogens (tertiary/aromatic N) is 2. The van der Waals surface area contributed by atoms with Crippen molar-refractivity contribution >= 4 is 28.2 Å². The maximum Gasteiger partial charge on any atom is 0.231 e. The number of rotatable bonds is 2. The average molecular weight is 291 g/mol. The van der Waals surface area contributed by atoms with E-state index in [9.17, 15) is 0 Å². The van der Waals surface area contributed by atoms with Gasteiger partial charge >= 0.3 is 0 Å². The quantitative estimate of drug-likeness (QED) is 0.796. The molecule has 2 aliphatic heterocycles. The van der Waals surface area contributed by atoms with Crippen molar-refractivity contribution in [2.45, 2.75) is 18.9 Å². The van der Waals surface area contributed by atoms with Crippen molar-refractivity contribution in [3.8, 4) is 11.5 Å². The predicted molar refractivity (Wildman–Crippen MR) is 79.0 cm³/mol. The highest BCUT2D eigenvalue weighted by atomic mass is 35.5. The van der Waals surface area contributed by atoms with Crippen molar-refractivity contribution in [2.75, 3.05) is 24.1 Å². The average Bonchev–Trinajstić information content (AvgIpc) is 3.12. The van der Waals surface area contributed by atoms with Crippen molar-refractivity contribution in [1.29, 1.82) is 0 Å². The summed E-state index contributed by atoms with van der Waals surface area (Å²) in [6.07, 6.45) is 4.15. The summed E-state index contributed by atoms with van der Waals surface area (Å²) in [5.74, 6) is 3.25. The van der Waals surface area contributed by atoms with Crippen LogP contribution in [-0.2, 0) is 0 Å². The van der Waals surface area contributed by atoms with Crippen LogP contribution < -0.4 is 14.4 Å². The zero-order chi connectivity index (χ0) is 13.5. The first kappa shape index (κ1) is 12.1. The molecule has 5 heteroatoms. The smallest absolute Gasteiger partial charge is 0.231 e. The lowest BCUT2D eigenvalue weighted by molar-refractivity contribution is 0.174. The summed E-state index contributed by atoms with van der Waals surface area (Å²) in [7, 11) is 0. The molecule has 2 aliphatic rings. The molecule has 20 heavy (non-hydrogen) atoms. The summed E-state index contributed by atoms with van der Waals surface area (Å²) >= 11 is 6.08. The Morgan fingerprint density at radius 3 is 3.00 bits per heavy atom. The monoisotopic (exact) mass is 290 g/mol. The summed E-state index contributed by atoms with van der Waals surface area (Å²) in [6, 6.07) is 6.44. The largest absolute Gasteiger partial charge is 0.454 e. The van der Waals surface area contributed by atoms with Crippen LogP contribution in [0.25, 0.3) is 10.8 Å². The normalized spacial score (nSPS) is 20.9. The first-order valence-corrected chi connectivity index (χ1v) is 7.41. The van der Waals surface area contributed by atoms with E-state index in [0.29, 0.717) is 18.7 Å². The number of ether oxygens (including phenoxy) is 2. The molecule has 0 saturated carbocycles. The summed E-state index contributed by atoms with van der Waals surface area (Å²) in [5.41, 5.74) is 0. The van der Waals surface area contributed by atoms with E-state index in [1.54, 1.807) is 0 Å². The van der Waals surface area contributed by atoms with Crippen LogP contribution in [0.15, 0.2) is 24.4 Å². The van der Waals surface area contributed by atoms with Crippen LogP contribution in [0.1, 0.15) is 12.8 Å². The maximum absolute atomic E-state index is 6.08. The fraction of sp³-hybridized carbons (Fsp3) is 0.400. The third kappa shape index (κ3) is 1.79. The molecule has 1 atom stereocenters. The topological polar surface area (TPSA) is 34.6 Å². The van der Waals surface area contributed by atoms with E-state index >= 15 is 0 Å². The minimum Gasteiger partial charge on any atom is -0.454 e. The standard InChI is InChI=1S/C15H15ClN2O2/c16-8-11-2-1-5-18(11)15-12-7-14-13(19-9-20-14)6-10(12)3-4-17-15/h3-4,6-7,11H,1-2,5,8-9H2. The van der Waals surface area contributed by atoms with Crippen molar-refractivity contribution in [2.24, 2.45) is 0 Å². The number of benzene rings is 1. The van der Waals surface area contributed by atoms with Crippen LogP contribution in [0.2, 0.25) is 0 Å². The lowest BCUT2D eigenvalue weighted by Gasteiger charge is -2.25. The molecular weight excluding hydrogens is 276 g/mol. The molecule has 0 bridgehead atoms. The van der Waals surface area contributed by atoms with Gasteiger partial charge in [-0.15, -0.1) is 11.6 Å². The summed E-state index contributed by atoms with van der Waals surface area (Å²) in [6.45, 7) is 1.31. The summed E-state index contributed by atoms with van der Waals surface area (Å²) < 4.78 is 10.9. The molecule has 0 aliphatic carbocycles. The number of hydrogen-bond acceptors (Lipinski definition) is 4. The molecule has 104 valence electrons. The number of fused-ring (bicyclic) bond motifs is 2. The number of anilines is 1. The second kappa shape index (κ2) is 4.70. The summed E-state index contributed by atoms with van der Waals surface area (Å²) in [4.78, 5) is 6.90. The van der Waals surface area contributed by atoms with Crippen LogP contribution in [0.3, 0.4) is 0 Å². The minimum atomic E-state index is 0.294. The van der Waals surface area contributed by atoms with Crippen molar-refractivity contribution in [3.05, 3.63) is 24.4 Å². The van der Waals surface area contributed by atoms with Gasteiger partial charge in [0.25, 0.3) is 0 Å². The Hall–Kier alpha value is -1.68. The van der Waals surface area contributed by atoms with E-state index in [2.05, 4.69) is 9.88 Å². The van der Waals surface area contributed by atoms with Crippen LogP contribution in [0.5, 0.6) is 11.5 Å². The molecule has 1 aromatic heterocycles. The van der Waals surface area contributed by atoms with E-state index < -0.39 is 0 Å². The molecule has 1 aromatic carbocycles. The molecular formula is C15H15ClN2O2. The van der Waals surface area contributed by atoms with E-state index in [0.717, 1.165) is 41.1 Å². The highest BCUT2D eigenvalue weighted by Crippen LogP contribution is 2.39. The fourth-order valence-electron chi connectivity index (χ4n) is 3.05. The molecule has 0 amide bonds. The van der Waals surface area contributed by atoms with Crippen molar-refractivity contribution < 1.29 is 9.47 Å². The number of hydrogen-bond donors (Lipinski definition) is 0. The number of alkyl halides is 1. The SMILES string of the molecule is ClCC1CCCN1c1nccc2cc3c(cc12)OCO3. The molecule has 0 spiro atoms. The minimum absolute atomic E-state index is 0.294. The van der Waals surface area contributed by atoms with E-state index in [1.807, 2.05) is 24.4 Å². The molecule has 2 aromatic rings. The highest BCUT2D eigenvalue weighted by molar-refractivity contribution is 6.18. The molecule has 0 N–H and O–H groups in total. The molecule has 1 fully saturated rings. The van der Waals surface area contributed by atoms with E-state index in [1.165, 1.54) is 6.42 Å². The fourth-order valence-corrected chi connectivity index (χ4v) is 3.37. The van der Waals surface area contributed by atoms with Crippen molar-refractivity contribution in [1.82, 2.24) is 4.98 Å². The van der Waals surface area contributed by atoms with Gasteiger partial charge in [-0.1, -0.05) is 0 Å². The Balaban J connectivity index is 1.87. The van der Waals surface area contributed by atoms with E-state index in [-0.39, 0.29) is 0 Å². The Morgan fingerprint density at radius 2 is 2.15 bits per heavy atom. The Bertz CT molecular complexity index is 662. The van der Waals surface area contributed by atoms with Crippen LogP contribution in [-0.4, -0.2) is 30.2 Å². The van der Waals surface area contributed by atoms with Crippen LogP contribution in [0.4, 0.5) is 5.82 Å². The van der Waals surface area contributed by atoms with Crippen LogP contribution >= 0.6 is 11.6 Å². The van der Waals surface area contributed by atoms with Gasteiger partial charge in [-0.2, -0.15) is 0 Å². The number of halogens is 1. The second-order valence-electron chi connectivity index (χ2n) is 5.20. The lowest BCUT2D eigenvalue weighted by atomic mass is 10.1. The Kier molecular flexibility index (Phi) is 2.84. The van der Waals surface area contributed by atoms with Gasteiger partial charge < -0.3 is 14.4 Å². The van der Waals surface area contributed by atoms with Gasteiger partial charge in [-0.25, -0.2) is 4.98 Å². The highest BCUT2D eigenvalue weighted by Gasteiger charge is 2.27. The number of pyridine rings is 1. The van der Waals surface area contributed by atoms with Gasteiger partial charge in [-0.05, 0) is 36.4 Å². The number of aromatic nitrogens is 1. The van der Waals surface area contributed by atoms with Crippen molar-refractivity contribution in [3.63, 3.8) is 0 Å².